The van der Waals surface area contributed by atoms with E-state index in [1.54, 1.807) is 0 Å². The van der Waals surface area contributed by atoms with E-state index in [4.69, 9.17) is 6.42 Å². The van der Waals surface area contributed by atoms with Gasteiger partial charge in [0.05, 0.1) is 0 Å². The third-order valence-electron chi connectivity index (χ3n) is 1.82. The number of nitrogens with zero attached hydrogens (tertiary/aromatic N) is 1. The van der Waals surface area contributed by atoms with Crippen molar-refractivity contribution in [1.29, 1.82) is 0 Å². The molecule has 0 aromatic carbocycles. The van der Waals surface area contributed by atoms with Crippen LogP contribution in [-0.4, -0.2) is 16.0 Å². The van der Waals surface area contributed by atoms with Crippen LogP contribution in [0.3, 0.4) is 0 Å². The minimum absolute atomic E-state index is 0.355. The van der Waals surface area contributed by atoms with E-state index in [1.165, 1.54) is 0 Å². The first kappa shape index (κ1) is 9.82. The Balaban J connectivity index is 2.31. The molecule has 1 aromatic rings. The summed E-state index contributed by atoms with van der Waals surface area (Å²) in [7, 11) is 0. The Kier molecular flexibility index (Phi) is 3.53. The maximum absolute atomic E-state index is 5.19. The molecular weight excluding hydrogens is 162 g/mol. The Hall–Kier alpha value is -1.27. The van der Waals surface area contributed by atoms with E-state index in [1.807, 2.05) is 13.1 Å². The van der Waals surface area contributed by atoms with Gasteiger partial charge in [-0.25, -0.2) is 4.98 Å². The lowest BCUT2D eigenvalue weighted by Crippen LogP contribution is -2.24. The van der Waals surface area contributed by atoms with Crippen LogP contribution in [0.4, 0.5) is 0 Å². The van der Waals surface area contributed by atoms with Gasteiger partial charge in [-0.3, -0.25) is 0 Å². The highest BCUT2D eigenvalue weighted by atomic mass is 15.0. The monoisotopic (exact) mass is 177 g/mol. The molecule has 1 unspecified atom stereocenters. The van der Waals surface area contributed by atoms with Crippen molar-refractivity contribution in [2.75, 3.05) is 0 Å². The number of aromatic nitrogens is 2. The van der Waals surface area contributed by atoms with Gasteiger partial charge >= 0.3 is 0 Å². The molecule has 1 atom stereocenters. The van der Waals surface area contributed by atoms with E-state index in [9.17, 15) is 0 Å². The van der Waals surface area contributed by atoms with Gasteiger partial charge in [0.15, 0.2) is 0 Å². The fraction of sp³-hybridized carbons (Fsp3) is 0.500. The number of rotatable bonds is 4. The highest BCUT2D eigenvalue weighted by Crippen LogP contribution is 1.96. The van der Waals surface area contributed by atoms with E-state index in [2.05, 4.69) is 28.1 Å². The minimum Gasteiger partial charge on any atom is -0.345 e. The van der Waals surface area contributed by atoms with E-state index in [0.717, 1.165) is 24.5 Å². The van der Waals surface area contributed by atoms with Gasteiger partial charge in [0.25, 0.3) is 0 Å². The summed E-state index contributed by atoms with van der Waals surface area (Å²) in [5.41, 5.74) is 1.10. The van der Waals surface area contributed by atoms with Crippen LogP contribution in [0.15, 0.2) is 6.20 Å². The highest BCUT2D eigenvalue weighted by Gasteiger charge is 2.00. The van der Waals surface area contributed by atoms with Crippen LogP contribution in [0.1, 0.15) is 24.9 Å². The van der Waals surface area contributed by atoms with Crippen molar-refractivity contribution in [1.82, 2.24) is 15.3 Å². The maximum Gasteiger partial charge on any atom is 0.103 e. The van der Waals surface area contributed by atoms with Gasteiger partial charge in [-0.1, -0.05) is 0 Å². The summed E-state index contributed by atoms with van der Waals surface area (Å²) in [6, 6.07) is 0.355. The number of nitrogens with one attached hydrogen (secondary N) is 2. The number of hydrogen-bond acceptors (Lipinski definition) is 2. The first-order chi connectivity index (χ1) is 6.22. The van der Waals surface area contributed by atoms with Crippen molar-refractivity contribution < 1.29 is 0 Å². The Morgan fingerprint density at radius 1 is 1.77 bits per heavy atom. The van der Waals surface area contributed by atoms with Crippen molar-refractivity contribution in [3.05, 3.63) is 17.7 Å². The zero-order valence-corrected chi connectivity index (χ0v) is 8.09. The predicted molar refractivity (Wildman–Crippen MR) is 53.1 cm³/mol. The predicted octanol–water partition coefficient (Wildman–Crippen LogP) is 1.22. The molecule has 2 N–H and O–H groups in total. The quantitative estimate of drug-likeness (QED) is 0.679. The molecule has 3 heteroatoms. The van der Waals surface area contributed by atoms with Gasteiger partial charge < -0.3 is 10.3 Å². The largest absolute Gasteiger partial charge is 0.345 e. The van der Waals surface area contributed by atoms with Crippen LogP contribution in [0, 0.1) is 19.3 Å². The molecule has 0 fully saturated rings. The molecule has 0 aliphatic carbocycles. The first-order valence-corrected chi connectivity index (χ1v) is 4.39. The van der Waals surface area contributed by atoms with Crippen LogP contribution in [0.25, 0.3) is 0 Å². The molecule has 0 spiro atoms. The van der Waals surface area contributed by atoms with Crippen LogP contribution in [-0.2, 0) is 6.54 Å². The molecule has 0 amide bonds. The zero-order valence-electron chi connectivity index (χ0n) is 8.09. The van der Waals surface area contributed by atoms with Gasteiger partial charge in [0.2, 0.25) is 0 Å². The number of aryl methyl sites for hydroxylation is 1. The summed E-state index contributed by atoms with van der Waals surface area (Å²) in [6.45, 7) is 4.81. The Morgan fingerprint density at radius 3 is 3.08 bits per heavy atom. The second-order valence-corrected chi connectivity index (χ2v) is 3.18. The molecule has 0 saturated heterocycles. The summed E-state index contributed by atoms with van der Waals surface area (Å²) in [6.07, 6.45) is 7.79. The molecule has 0 radical (unpaired) electrons. The van der Waals surface area contributed by atoms with Crippen LogP contribution >= 0.6 is 0 Å². The Labute approximate surface area is 79.0 Å². The van der Waals surface area contributed by atoms with E-state index in [-0.39, 0.29) is 0 Å². The van der Waals surface area contributed by atoms with Crippen molar-refractivity contribution in [3.63, 3.8) is 0 Å². The second kappa shape index (κ2) is 4.68. The lowest BCUT2D eigenvalue weighted by Gasteiger charge is -2.08. The topological polar surface area (TPSA) is 40.7 Å². The molecule has 70 valence electrons. The molecule has 1 heterocycles. The van der Waals surface area contributed by atoms with Crippen molar-refractivity contribution in [2.45, 2.75) is 32.9 Å². The fourth-order valence-corrected chi connectivity index (χ4v) is 1.09. The van der Waals surface area contributed by atoms with Gasteiger partial charge in [0, 0.05) is 30.9 Å². The minimum atomic E-state index is 0.355. The molecular formula is C10H15N3. The van der Waals surface area contributed by atoms with Crippen LogP contribution in [0.2, 0.25) is 0 Å². The average molecular weight is 177 g/mol. The number of H-pyrrole nitrogens is 1. The van der Waals surface area contributed by atoms with Gasteiger partial charge in [-0.15, -0.1) is 12.3 Å². The number of aromatic amines is 1. The normalized spacial score (nSPS) is 12.4. The third-order valence-corrected chi connectivity index (χ3v) is 1.82. The molecule has 13 heavy (non-hydrogen) atoms. The van der Waals surface area contributed by atoms with E-state index >= 15 is 0 Å². The number of imidazole rings is 1. The van der Waals surface area contributed by atoms with Gasteiger partial charge in [0.1, 0.15) is 5.82 Å². The zero-order chi connectivity index (χ0) is 9.68. The average Bonchev–Trinajstić information content (AvgIpc) is 2.49. The number of terminal acetylenes is 1. The van der Waals surface area contributed by atoms with Crippen molar-refractivity contribution in [3.8, 4) is 12.3 Å². The number of hydrogen-bond donors (Lipinski definition) is 2. The summed E-state index contributed by atoms with van der Waals surface area (Å²) < 4.78 is 0. The maximum atomic E-state index is 5.19. The van der Waals surface area contributed by atoms with Crippen LogP contribution < -0.4 is 5.32 Å². The van der Waals surface area contributed by atoms with Crippen molar-refractivity contribution in [2.24, 2.45) is 0 Å². The first-order valence-electron chi connectivity index (χ1n) is 4.39. The second-order valence-electron chi connectivity index (χ2n) is 3.18. The highest BCUT2D eigenvalue weighted by molar-refractivity contribution is 5.00. The SMILES string of the molecule is C#CCC(C)NCc1cnc(C)[nH]1. The van der Waals surface area contributed by atoms with Crippen molar-refractivity contribution >= 4 is 0 Å². The summed E-state index contributed by atoms with van der Waals surface area (Å²) in [5, 5.41) is 3.30. The molecule has 0 aliphatic heterocycles. The Bertz CT molecular complexity index is 295. The molecule has 1 aromatic heterocycles. The smallest absolute Gasteiger partial charge is 0.103 e. The van der Waals surface area contributed by atoms with Gasteiger partial charge in [-0.2, -0.15) is 0 Å². The summed E-state index contributed by atoms with van der Waals surface area (Å²) in [5.74, 6) is 3.57. The molecule has 0 aliphatic rings. The third kappa shape index (κ3) is 3.30. The van der Waals surface area contributed by atoms with Crippen LogP contribution in [0.5, 0.6) is 0 Å². The van der Waals surface area contributed by atoms with E-state index < -0.39 is 0 Å². The lowest BCUT2D eigenvalue weighted by atomic mass is 10.2. The molecule has 1 rings (SSSR count). The standard InChI is InChI=1S/C10H15N3/c1-4-5-8(2)11-6-10-7-12-9(3)13-10/h1,7-8,11H,5-6H2,2-3H3,(H,12,13). The summed E-state index contributed by atoms with van der Waals surface area (Å²) in [4.78, 5) is 7.25. The summed E-state index contributed by atoms with van der Waals surface area (Å²) >= 11 is 0. The lowest BCUT2D eigenvalue weighted by molar-refractivity contribution is 0.554. The Morgan fingerprint density at radius 2 is 2.54 bits per heavy atom. The fourth-order valence-electron chi connectivity index (χ4n) is 1.09. The molecule has 0 bridgehead atoms. The van der Waals surface area contributed by atoms with E-state index in [0.29, 0.717) is 6.04 Å². The molecule has 3 nitrogen and oxygen atoms in total. The van der Waals surface area contributed by atoms with Gasteiger partial charge in [-0.05, 0) is 13.8 Å². The molecule has 0 saturated carbocycles.